The van der Waals surface area contributed by atoms with Gasteiger partial charge in [-0.05, 0) is 24.5 Å². The summed E-state index contributed by atoms with van der Waals surface area (Å²) in [5.74, 6) is -8.64. The molecule has 1 aromatic carbocycles. The first-order chi connectivity index (χ1) is 27.8. The van der Waals surface area contributed by atoms with Crippen molar-refractivity contribution >= 4 is 79.1 Å². The summed E-state index contributed by atoms with van der Waals surface area (Å²) in [7, 11) is -4.25. The summed E-state index contributed by atoms with van der Waals surface area (Å²) in [4.78, 5) is 93.4. The number of anilines is 1. The highest BCUT2D eigenvalue weighted by atomic mass is 32.2. The van der Waals surface area contributed by atoms with Crippen LogP contribution in [0.5, 0.6) is 0 Å². The Morgan fingerprint density at radius 1 is 0.831 bits per heavy atom. The molecule has 0 aliphatic heterocycles. The molecular formula is C33H44N10O14S2. The minimum Gasteiger partial charge on any atom is -0.480 e. The van der Waals surface area contributed by atoms with Gasteiger partial charge in [0.25, 0.3) is 10.0 Å². The lowest BCUT2D eigenvalue weighted by Crippen LogP contribution is -2.62. The number of nitrogens with one attached hydrogen (secondary N) is 4. The largest absolute Gasteiger partial charge is 0.480 e. The SMILES string of the molecule is NS(=O)(=O)c1nnc(NC(=O)[C@H](Cc2c[nH]c3ccccc23)NC(=O)CNC(CN(CC(=O)O)C2CCCCC2N(CC(=O)O)CC(=O)O)N(CC(=O)O)CC(=O)O)s1. The van der Waals surface area contributed by atoms with Gasteiger partial charge in [0.1, 0.15) is 6.04 Å². The van der Waals surface area contributed by atoms with Gasteiger partial charge >= 0.3 is 29.8 Å². The maximum atomic E-state index is 13.7. The van der Waals surface area contributed by atoms with Gasteiger partial charge in [-0.2, -0.15) is 0 Å². The van der Waals surface area contributed by atoms with Crippen LogP contribution in [0, 0.1) is 0 Å². The van der Waals surface area contributed by atoms with Crippen LogP contribution in [0.15, 0.2) is 34.8 Å². The summed E-state index contributed by atoms with van der Waals surface area (Å²) < 4.78 is 22.9. The van der Waals surface area contributed by atoms with E-state index in [0.29, 0.717) is 35.1 Å². The number of amides is 2. The Morgan fingerprint density at radius 2 is 1.39 bits per heavy atom. The van der Waals surface area contributed by atoms with E-state index in [1.165, 1.54) is 9.80 Å². The number of sulfonamides is 1. The fourth-order valence-electron chi connectivity index (χ4n) is 6.98. The lowest BCUT2D eigenvalue weighted by atomic mass is 9.87. The molecule has 4 atom stereocenters. The van der Waals surface area contributed by atoms with Crippen LogP contribution in [0.4, 0.5) is 5.13 Å². The van der Waals surface area contributed by atoms with Crippen LogP contribution >= 0.6 is 11.3 Å². The number of aliphatic carboxylic acids is 5. The normalized spacial score (nSPS) is 16.8. The van der Waals surface area contributed by atoms with E-state index in [0.717, 1.165) is 10.4 Å². The lowest BCUT2D eigenvalue weighted by Gasteiger charge is -2.45. The number of aromatic nitrogens is 3. The van der Waals surface area contributed by atoms with Gasteiger partial charge in [-0.3, -0.25) is 58.9 Å². The van der Waals surface area contributed by atoms with E-state index in [4.69, 9.17) is 5.14 Å². The zero-order chi connectivity index (χ0) is 43.4. The Hall–Kier alpha value is -5.64. The van der Waals surface area contributed by atoms with E-state index in [1.807, 2.05) is 0 Å². The van der Waals surface area contributed by atoms with Crippen LogP contribution in [-0.4, -0.2) is 176 Å². The fourth-order valence-corrected chi connectivity index (χ4v) is 8.32. The zero-order valence-electron chi connectivity index (χ0n) is 31.2. The number of fused-ring (bicyclic) bond motifs is 1. The first-order valence-electron chi connectivity index (χ1n) is 17.9. The topological polar surface area (TPSA) is 368 Å². The van der Waals surface area contributed by atoms with Crippen molar-refractivity contribution in [2.45, 2.75) is 60.7 Å². The Labute approximate surface area is 339 Å². The highest BCUT2D eigenvalue weighted by molar-refractivity contribution is 7.91. The molecule has 0 radical (unpaired) electrons. The lowest BCUT2D eigenvalue weighted by molar-refractivity contribution is -0.146. The Kier molecular flexibility index (Phi) is 16.3. The van der Waals surface area contributed by atoms with Crippen molar-refractivity contribution in [3.63, 3.8) is 0 Å². The molecule has 59 heavy (non-hydrogen) atoms. The third-order valence-corrected chi connectivity index (χ3v) is 11.4. The van der Waals surface area contributed by atoms with Gasteiger partial charge < -0.3 is 35.8 Å². The van der Waals surface area contributed by atoms with Crippen LogP contribution < -0.4 is 21.1 Å². The van der Waals surface area contributed by atoms with E-state index >= 15 is 0 Å². The quantitative estimate of drug-likeness (QED) is 0.0340. The Balaban J connectivity index is 1.63. The number of para-hydroxylation sites is 1. The van der Waals surface area contributed by atoms with Crippen molar-refractivity contribution in [1.82, 2.24) is 40.5 Å². The number of carboxylic acids is 5. The average molecular weight is 869 g/mol. The van der Waals surface area contributed by atoms with Crippen LogP contribution in [0.1, 0.15) is 31.2 Å². The van der Waals surface area contributed by atoms with E-state index < -0.39 is 126 Å². The van der Waals surface area contributed by atoms with Crippen LogP contribution in [0.3, 0.4) is 0 Å². The number of nitrogens with two attached hydrogens (primary N) is 1. The number of carbonyl (C=O) groups excluding carboxylic acids is 2. The molecule has 0 bridgehead atoms. The number of carboxylic acid groups (broad SMARTS) is 5. The minimum atomic E-state index is -4.25. The van der Waals surface area contributed by atoms with Crippen molar-refractivity contribution < 1.29 is 67.5 Å². The number of hydrogen-bond acceptors (Lipinski definition) is 16. The predicted octanol–water partition coefficient (Wildman–Crippen LogP) is -2.11. The van der Waals surface area contributed by atoms with Crippen LogP contribution in [0.25, 0.3) is 10.9 Å². The number of carbonyl (C=O) groups is 7. The van der Waals surface area contributed by atoms with Crippen molar-refractivity contribution in [1.29, 1.82) is 0 Å². The second-order valence-corrected chi connectivity index (χ2v) is 16.3. The first-order valence-corrected chi connectivity index (χ1v) is 20.2. The minimum absolute atomic E-state index is 0.116. The van der Waals surface area contributed by atoms with Crippen LogP contribution in [0.2, 0.25) is 0 Å². The van der Waals surface area contributed by atoms with E-state index in [-0.39, 0.29) is 24.4 Å². The first kappa shape index (κ1) is 46.1. The van der Waals surface area contributed by atoms with Crippen molar-refractivity contribution in [2.24, 2.45) is 5.14 Å². The molecule has 0 saturated heterocycles. The van der Waals surface area contributed by atoms with Crippen molar-refractivity contribution in [3.8, 4) is 0 Å². The number of benzene rings is 1. The molecule has 4 rings (SSSR count). The third-order valence-electron chi connectivity index (χ3n) is 9.30. The summed E-state index contributed by atoms with van der Waals surface area (Å²) in [5, 5.41) is 68.9. The maximum Gasteiger partial charge on any atom is 0.317 e. The monoisotopic (exact) mass is 868 g/mol. The van der Waals surface area contributed by atoms with Gasteiger partial charge in [-0.15, -0.1) is 10.2 Å². The molecule has 3 unspecified atom stereocenters. The maximum absolute atomic E-state index is 13.7. The van der Waals surface area contributed by atoms with Gasteiger partial charge in [0.2, 0.25) is 21.3 Å². The molecule has 322 valence electrons. The van der Waals surface area contributed by atoms with E-state index in [2.05, 4.69) is 31.1 Å². The summed E-state index contributed by atoms with van der Waals surface area (Å²) in [5.41, 5.74) is 1.31. The highest BCUT2D eigenvalue weighted by Gasteiger charge is 2.38. The number of nitrogens with zero attached hydrogens (tertiary/aromatic N) is 5. The molecule has 2 aromatic heterocycles. The number of primary sulfonamides is 1. The predicted molar refractivity (Wildman–Crippen MR) is 205 cm³/mol. The smallest absolute Gasteiger partial charge is 0.317 e. The molecule has 1 fully saturated rings. The van der Waals surface area contributed by atoms with Gasteiger partial charge in [0.05, 0.1) is 45.4 Å². The second kappa shape index (κ2) is 20.9. The van der Waals surface area contributed by atoms with Crippen LogP contribution in [-0.2, 0) is 50.0 Å². The summed E-state index contributed by atoms with van der Waals surface area (Å²) in [6.07, 6.45) is 1.79. The van der Waals surface area contributed by atoms with Crippen molar-refractivity contribution in [2.75, 3.05) is 51.1 Å². The number of aromatic amines is 1. The molecule has 1 aliphatic rings. The standard InChI is InChI=1S/C33H44N10O14S2/c34-59(56,57)33-40-39-32(58-33)38-31(55)21(9-18-10-35-20-6-2-1-5-19(18)20)37-25(44)11-36-24(43(16-29(51)52)17-30(53)54)12-41(13-26(45)46)22-7-3-4-8-23(22)42(14-27(47)48)15-28(49)50/h1-2,5-6,10,21-24,35-36H,3-4,7-9,11-17H2,(H,37,44)(H,45,46)(H,47,48)(H,49,50)(H,51,52)(H,53,54)(H2,34,56,57)(H,38,39,55)/t21-,22?,23?,24?/m0/s1. The second-order valence-electron chi connectivity index (χ2n) is 13.6. The molecule has 0 spiro atoms. The number of H-pyrrole nitrogens is 1. The van der Waals surface area contributed by atoms with Gasteiger partial charge in [0, 0.05) is 42.1 Å². The summed E-state index contributed by atoms with van der Waals surface area (Å²) in [6.45, 7) is -4.97. The third kappa shape index (κ3) is 14.0. The van der Waals surface area contributed by atoms with Gasteiger partial charge in [-0.25, -0.2) is 13.6 Å². The highest BCUT2D eigenvalue weighted by Crippen LogP contribution is 2.28. The number of hydrogen-bond donors (Lipinski definition) is 10. The molecule has 11 N–H and O–H groups in total. The van der Waals surface area contributed by atoms with Crippen molar-refractivity contribution in [3.05, 3.63) is 36.0 Å². The summed E-state index contributed by atoms with van der Waals surface area (Å²) >= 11 is 0.463. The molecule has 1 aliphatic carbocycles. The van der Waals surface area contributed by atoms with Gasteiger partial charge in [-0.1, -0.05) is 42.4 Å². The molecule has 24 nitrogen and oxygen atoms in total. The molecular weight excluding hydrogens is 825 g/mol. The van der Waals surface area contributed by atoms with Gasteiger partial charge in [0.15, 0.2) is 0 Å². The molecule has 2 heterocycles. The van der Waals surface area contributed by atoms with E-state index in [9.17, 15) is 67.5 Å². The zero-order valence-corrected chi connectivity index (χ0v) is 32.9. The average Bonchev–Trinajstić information content (AvgIpc) is 3.78. The molecule has 1 saturated carbocycles. The number of rotatable bonds is 24. The molecule has 26 heteroatoms. The summed E-state index contributed by atoms with van der Waals surface area (Å²) in [6, 6.07) is 4.14. The fraction of sp³-hybridized carbons (Fsp3) is 0.485. The Bertz CT molecular complexity index is 2100. The van der Waals surface area contributed by atoms with E-state index in [1.54, 1.807) is 30.5 Å². The molecule has 3 aromatic rings. The Morgan fingerprint density at radius 3 is 1.95 bits per heavy atom. The molecule has 2 amide bonds.